The van der Waals surface area contributed by atoms with Gasteiger partial charge in [-0.15, -0.1) is 0 Å². The number of fused-ring (bicyclic) bond motifs is 2. The molecule has 0 aromatic rings. The van der Waals surface area contributed by atoms with Crippen LogP contribution in [0.15, 0.2) is 12.2 Å². The summed E-state index contributed by atoms with van der Waals surface area (Å²) >= 11 is 0. The average Bonchev–Trinajstić information content (AvgIpc) is 2.67. The Labute approximate surface area is 121 Å². The molecule has 20 heavy (non-hydrogen) atoms. The van der Waals surface area contributed by atoms with Crippen LogP contribution in [0.4, 0.5) is 0 Å². The van der Waals surface area contributed by atoms with Gasteiger partial charge in [-0.05, 0) is 44.9 Å². The molecule has 1 amide bonds. The molecule has 3 atom stereocenters. The average molecular weight is 297 g/mol. The van der Waals surface area contributed by atoms with Crippen molar-refractivity contribution in [3.63, 3.8) is 0 Å². The van der Waals surface area contributed by atoms with Crippen LogP contribution in [-0.4, -0.2) is 42.8 Å². The third-order valence-electron chi connectivity index (χ3n) is 5.17. The number of hydrogen-bond acceptors (Lipinski definition) is 3. The largest absolute Gasteiger partial charge is 0.336 e. The lowest BCUT2D eigenvalue weighted by atomic mass is 9.91. The molecule has 4 nitrogen and oxygen atoms in total. The molecule has 2 saturated heterocycles. The Kier molecular flexibility index (Phi) is 3.65. The van der Waals surface area contributed by atoms with E-state index < -0.39 is 9.84 Å². The maximum atomic E-state index is 12.7. The zero-order valence-corrected chi connectivity index (χ0v) is 12.8. The standard InChI is InChI=1S/C15H23NO3S/c1-20(18,19)14-9-12-7-8-13(10-14)16(12)15(17)11-5-3-2-4-6-11/h2-3,11-14H,4-10H2,1H3. The molecule has 0 aromatic heterocycles. The highest BCUT2D eigenvalue weighted by atomic mass is 32.2. The van der Waals surface area contributed by atoms with Gasteiger partial charge in [0.2, 0.25) is 5.91 Å². The SMILES string of the molecule is CS(=O)(=O)C1CC2CCC(C1)N2C(=O)C1CC=CCC1. The van der Waals surface area contributed by atoms with Crippen molar-refractivity contribution in [1.29, 1.82) is 0 Å². The lowest BCUT2D eigenvalue weighted by Crippen LogP contribution is -2.51. The van der Waals surface area contributed by atoms with E-state index in [1.165, 1.54) is 6.26 Å². The summed E-state index contributed by atoms with van der Waals surface area (Å²) in [6.45, 7) is 0. The second-order valence-corrected chi connectivity index (χ2v) is 8.86. The van der Waals surface area contributed by atoms with E-state index in [9.17, 15) is 13.2 Å². The summed E-state index contributed by atoms with van der Waals surface area (Å²) in [5, 5.41) is -0.240. The monoisotopic (exact) mass is 297 g/mol. The van der Waals surface area contributed by atoms with Gasteiger partial charge in [0.05, 0.1) is 5.25 Å². The first kappa shape index (κ1) is 14.1. The molecule has 3 rings (SSSR count). The Balaban J connectivity index is 1.74. The lowest BCUT2D eigenvalue weighted by molar-refractivity contribution is -0.140. The molecule has 0 spiro atoms. The van der Waals surface area contributed by atoms with Gasteiger partial charge in [-0.2, -0.15) is 0 Å². The molecule has 112 valence electrons. The van der Waals surface area contributed by atoms with Crippen LogP contribution in [0.1, 0.15) is 44.9 Å². The number of allylic oxidation sites excluding steroid dienone is 2. The fourth-order valence-corrected chi connectivity index (χ4v) is 5.21. The highest BCUT2D eigenvalue weighted by molar-refractivity contribution is 7.91. The van der Waals surface area contributed by atoms with Crippen LogP contribution in [0.2, 0.25) is 0 Å². The van der Waals surface area contributed by atoms with Gasteiger partial charge in [0.25, 0.3) is 0 Å². The fraction of sp³-hybridized carbons (Fsp3) is 0.800. The van der Waals surface area contributed by atoms with Gasteiger partial charge in [0, 0.05) is 24.3 Å². The van der Waals surface area contributed by atoms with Crippen molar-refractivity contribution >= 4 is 15.7 Å². The van der Waals surface area contributed by atoms with Gasteiger partial charge >= 0.3 is 0 Å². The topological polar surface area (TPSA) is 54.5 Å². The molecular formula is C15H23NO3S. The van der Waals surface area contributed by atoms with E-state index in [4.69, 9.17) is 0 Å². The minimum Gasteiger partial charge on any atom is -0.336 e. The summed E-state index contributed by atoms with van der Waals surface area (Å²) in [5.74, 6) is 0.395. The number of carbonyl (C=O) groups excluding carboxylic acids is 1. The second kappa shape index (κ2) is 5.17. The number of rotatable bonds is 2. The van der Waals surface area contributed by atoms with Crippen LogP contribution < -0.4 is 0 Å². The molecule has 0 radical (unpaired) electrons. The summed E-state index contributed by atoms with van der Waals surface area (Å²) in [5.41, 5.74) is 0. The highest BCUT2D eigenvalue weighted by Crippen LogP contribution is 2.39. The van der Waals surface area contributed by atoms with Crippen LogP contribution in [-0.2, 0) is 14.6 Å². The van der Waals surface area contributed by atoms with Crippen LogP contribution >= 0.6 is 0 Å². The van der Waals surface area contributed by atoms with Crippen molar-refractivity contribution in [1.82, 2.24) is 4.90 Å². The number of piperidine rings is 1. The summed E-state index contributed by atoms with van der Waals surface area (Å²) in [7, 11) is -2.97. The molecule has 0 saturated carbocycles. The van der Waals surface area contributed by atoms with Crippen molar-refractivity contribution in [3.8, 4) is 0 Å². The van der Waals surface area contributed by atoms with Gasteiger partial charge in [-0.25, -0.2) is 8.42 Å². The minimum atomic E-state index is -2.97. The fourth-order valence-electron chi connectivity index (χ4n) is 4.07. The molecule has 0 aromatic carbocycles. The Morgan fingerprint density at radius 1 is 1.10 bits per heavy atom. The van der Waals surface area contributed by atoms with Crippen LogP contribution in [0.5, 0.6) is 0 Å². The van der Waals surface area contributed by atoms with Gasteiger partial charge in [-0.3, -0.25) is 4.79 Å². The van der Waals surface area contributed by atoms with Crippen molar-refractivity contribution in [3.05, 3.63) is 12.2 Å². The smallest absolute Gasteiger partial charge is 0.226 e. The molecule has 2 fully saturated rings. The first-order valence-electron chi connectivity index (χ1n) is 7.63. The van der Waals surface area contributed by atoms with E-state index in [1.807, 2.05) is 4.90 Å². The van der Waals surface area contributed by atoms with E-state index in [2.05, 4.69) is 12.2 Å². The molecule has 3 unspecified atom stereocenters. The first-order chi connectivity index (χ1) is 9.47. The van der Waals surface area contributed by atoms with Gasteiger partial charge in [-0.1, -0.05) is 12.2 Å². The quantitative estimate of drug-likeness (QED) is 0.732. The lowest BCUT2D eigenvalue weighted by Gasteiger charge is -2.40. The normalized spacial score (nSPS) is 37.1. The molecule has 5 heteroatoms. The van der Waals surface area contributed by atoms with Crippen LogP contribution in [0, 0.1) is 5.92 Å². The van der Waals surface area contributed by atoms with E-state index in [-0.39, 0.29) is 29.2 Å². The first-order valence-corrected chi connectivity index (χ1v) is 9.58. The van der Waals surface area contributed by atoms with Gasteiger partial charge in [0.1, 0.15) is 9.84 Å². The Morgan fingerprint density at radius 2 is 1.75 bits per heavy atom. The molecular weight excluding hydrogens is 274 g/mol. The number of sulfone groups is 1. The minimum absolute atomic E-state index is 0.123. The van der Waals surface area contributed by atoms with E-state index in [0.717, 1.165) is 32.1 Å². The number of nitrogens with zero attached hydrogens (tertiary/aromatic N) is 1. The van der Waals surface area contributed by atoms with Gasteiger partial charge in [0.15, 0.2) is 0 Å². The third kappa shape index (κ3) is 2.52. The summed E-state index contributed by atoms with van der Waals surface area (Å²) in [6, 6.07) is 0.318. The second-order valence-electron chi connectivity index (χ2n) is 6.53. The van der Waals surface area contributed by atoms with Crippen molar-refractivity contribution < 1.29 is 13.2 Å². The summed E-state index contributed by atoms with van der Waals surface area (Å²) in [6.07, 6.45) is 11.6. The number of carbonyl (C=O) groups is 1. The van der Waals surface area contributed by atoms with Gasteiger partial charge < -0.3 is 4.90 Å². The highest BCUT2D eigenvalue weighted by Gasteiger charge is 2.46. The van der Waals surface area contributed by atoms with E-state index in [1.54, 1.807) is 0 Å². The van der Waals surface area contributed by atoms with Crippen molar-refractivity contribution in [2.24, 2.45) is 5.92 Å². The maximum absolute atomic E-state index is 12.7. The zero-order chi connectivity index (χ0) is 14.3. The Hall–Kier alpha value is -0.840. The van der Waals surface area contributed by atoms with Crippen LogP contribution in [0.25, 0.3) is 0 Å². The van der Waals surface area contributed by atoms with E-state index in [0.29, 0.717) is 12.8 Å². The zero-order valence-electron chi connectivity index (χ0n) is 12.0. The number of amides is 1. The predicted molar refractivity (Wildman–Crippen MR) is 78.0 cm³/mol. The number of hydrogen-bond donors (Lipinski definition) is 0. The van der Waals surface area contributed by atoms with E-state index >= 15 is 0 Å². The molecule has 3 aliphatic rings. The Morgan fingerprint density at radius 3 is 2.25 bits per heavy atom. The maximum Gasteiger partial charge on any atom is 0.226 e. The summed E-state index contributed by atoms with van der Waals surface area (Å²) < 4.78 is 23.5. The molecule has 2 aliphatic heterocycles. The summed E-state index contributed by atoms with van der Waals surface area (Å²) in [4.78, 5) is 14.8. The Bertz CT molecular complexity index is 511. The third-order valence-corrected chi connectivity index (χ3v) is 6.76. The molecule has 0 N–H and O–H groups in total. The predicted octanol–water partition coefficient (Wildman–Crippen LogP) is 1.91. The molecule has 2 bridgehead atoms. The molecule has 2 heterocycles. The van der Waals surface area contributed by atoms with Crippen LogP contribution in [0.3, 0.4) is 0 Å². The van der Waals surface area contributed by atoms with Crippen molar-refractivity contribution in [2.45, 2.75) is 62.3 Å². The van der Waals surface area contributed by atoms with Crippen molar-refractivity contribution in [2.75, 3.05) is 6.26 Å². The molecule has 1 aliphatic carbocycles.